The summed E-state index contributed by atoms with van der Waals surface area (Å²) < 4.78 is 3.76. The van der Waals surface area contributed by atoms with Gasteiger partial charge in [0.1, 0.15) is 0 Å². The molecule has 12 heavy (non-hydrogen) atoms. The topological polar surface area (TPSA) is 12.0 Å². The normalized spacial score (nSPS) is 16.2. The fourth-order valence-electron chi connectivity index (χ4n) is 0.520. The first-order chi connectivity index (χ1) is 5.13. The van der Waals surface area contributed by atoms with Crippen molar-refractivity contribution in [3.05, 3.63) is 0 Å². The van der Waals surface area contributed by atoms with E-state index < -0.39 is 0 Å². The maximum Gasteiger partial charge on any atom is 0.0151 e. The molecule has 1 nitrogen and oxygen atoms in total. The molecule has 0 bridgehead atoms. The van der Waals surface area contributed by atoms with Crippen LogP contribution < -0.4 is 4.72 Å². The lowest BCUT2D eigenvalue weighted by Crippen LogP contribution is -2.28. The molecule has 0 aliphatic carbocycles. The van der Waals surface area contributed by atoms with Crippen LogP contribution in [0.1, 0.15) is 41.5 Å². The highest BCUT2D eigenvalue weighted by Crippen LogP contribution is 2.27. The molecule has 0 fully saturated rings. The lowest BCUT2D eigenvalue weighted by Gasteiger charge is -2.27. The van der Waals surface area contributed by atoms with Gasteiger partial charge in [-0.05, 0) is 5.41 Å². The molecule has 0 aromatic heterocycles. The number of hydrogen-bond donors (Lipinski definition) is 1. The molecule has 74 valence electrons. The van der Waals surface area contributed by atoms with Gasteiger partial charge in [-0.3, -0.25) is 4.72 Å². The summed E-state index contributed by atoms with van der Waals surface area (Å²) in [5.41, 5.74) is 0.355. The predicted octanol–water partition coefficient (Wildman–Crippen LogP) is 3.04. The highest BCUT2D eigenvalue weighted by Gasteiger charge is 2.16. The second-order valence-corrected chi connectivity index (χ2v) is 7.68. The van der Waals surface area contributed by atoms with Gasteiger partial charge < -0.3 is 0 Å². The zero-order valence-corrected chi connectivity index (χ0v) is 10.1. The molecule has 0 aromatic rings. The molecule has 1 N–H and O–H groups in total. The van der Waals surface area contributed by atoms with Crippen LogP contribution in [0.4, 0.5) is 0 Å². The van der Waals surface area contributed by atoms with Gasteiger partial charge in [-0.1, -0.05) is 47.4 Å². The van der Waals surface area contributed by atoms with Crippen LogP contribution in [0.25, 0.3) is 0 Å². The molecule has 1 atom stereocenters. The molecule has 0 aliphatic heterocycles. The van der Waals surface area contributed by atoms with Crippen LogP contribution >= 0.6 is 10.7 Å². The number of hydrogen-bond acceptors (Lipinski definition) is 1. The Hall–Kier alpha value is 0.180. The van der Waals surface area contributed by atoms with Gasteiger partial charge in [0.15, 0.2) is 0 Å². The molecule has 2 heteroatoms. The van der Waals surface area contributed by atoms with Crippen molar-refractivity contribution in [3.8, 4) is 0 Å². The Labute approximate surface area is 80.0 Å². The first kappa shape index (κ1) is 12.2. The summed E-state index contributed by atoms with van der Waals surface area (Å²) in [6.45, 7) is 14.4. The van der Waals surface area contributed by atoms with Crippen molar-refractivity contribution >= 4 is 16.5 Å². The average molecular weight is 189 g/mol. The van der Waals surface area contributed by atoms with Gasteiger partial charge in [0, 0.05) is 11.3 Å². The fraction of sp³-hybridized carbons (Fsp3) is 0.900. The minimum Gasteiger partial charge on any atom is -0.269 e. The first-order valence-electron chi connectivity index (χ1n) is 4.40. The van der Waals surface area contributed by atoms with Crippen molar-refractivity contribution in [2.24, 2.45) is 5.41 Å². The highest BCUT2D eigenvalue weighted by atomic mass is 32.2. The fourth-order valence-corrected chi connectivity index (χ4v) is 1.56. The van der Waals surface area contributed by atoms with Crippen molar-refractivity contribution in [3.63, 3.8) is 0 Å². The largest absolute Gasteiger partial charge is 0.269 e. The zero-order valence-electron chi connectivity index (χ0n) is 9.32. The van der Waals surface area contributed by atoms with Crippen LogP contribution in [-0.4, -0.2) is 17.2 Å². The first-order valence-corrected chi connectivity index (χ1v) is 5.80. The highest BCUT2D eigenvalue weighted by molar-refractivity contribution is 8.13. The summed E-state index contributed by atoms with van der Waals surface area (Å²) in [5, 5.41) is 0. The summed E-state index contributed by atoms with van der Waals surface area (Å²) in [6, 6.07) is 0. The van der Waals surface area contributed by atoms with E-state index in [0.717, 1.165) is 6.54 Å². The Kier molecular flexibility index (Phi) is 3.98. The zero-order chi connectivity index (χ0) is 9.99. The van der Waals surface area contributed by atoms with E-state index in [4.69, 9.17) is 0 Å². The molecule has 0 aromatic carbocycles. The summed E-state index contributed by atoms with van der Waals surface area (Å²) in [6.07, 6.45) is 0. The van der Waals surface area contributed by atoms with Gasteiger partial charge in [0.05, 0.1) is 0 Å². The molecule has 0 saturated carbocycles. The molecule has 0 rings (SSSR count). The SMILES string of the molecule is C=S(NCC(C)(C)C)C(C)(C)C. The molecule has 0 saturated heterocycles. The smallest absolute Gasteiger partial charge is 0.0151 e. The molecule has 0 radical (unpaired) electrons. The van der Waals surface area contributed by atoms with Crippen molar-refractivity contribution < 1.29 is 0 Å². The maximum absolute atomic E-state index is 4.13. The van der Waals surface area contributed by atoms with Crippen molar-refractivity contribution in [2.45, 2.75) is 46.3 Å². The van der Waals surface area contributed by atoms with Crippen molar-refractivity contribution in [2.75, 3.05) is 6.54 Å². The second kappa shape index (κ2) is 3.93. The van der Waals surface area contributed by atoms with Gasteiger partial charge in [0.25, 0.3) is 0 Å². The number of nitrogens with one attached hydrogen (secondary N) is 1. The predicted molar refractivity (Wildman–Crippen MR) is 61.9 cm³/mol. The van der Waals surface area contributed by atoms with Crippen LogP contribution in [0.2, 0.25) is 0 Å². The van der Waals surface area contributed by atoms with Gasteiger partial charge in [-0.2, -0.15) is 0 Å². The van der Waals surface area contributed by atoms with Gasteiger partial charge in [-0.15, -0.1) is 10.7 Å². The molecule has 0 aliphatic rings. The lowest BCUT2D eigenvalue weighted by molar-refractivity contribution is 0.415. The van der Waals surface area contributed by atoms with E-state index in [0.29, 0.717) is 5.41 Å². The van der Waals surface area contributed by atoms with Crippen LogP contribution in [0, 0.1) is 5.41 Å². The van der Waals surface area contributed by atoms with Crippen molar-refractivity contribution in [1.82, 2.24) is 4.72 Å². The molecular weight excluding hydrogens is 166 g/mol. The quantitative estimate of drug-likeness (QED) is 0.658. The minimum absolute atomic E-state index is 0.0662. The summed E-state index contributed by atoms with van der Waals surface area (Å²) in [7, 11) is 0.0662. The average Bonchev–Trinajstić information content (AvgIpc) is 1.78. The summed E-state index contributed by atoms with van der Waals surface area (Å²) >= 11 is 0. The van der Waals surface area contributed by atoms with Gasteiger partial charge in [0.2, 0.25) is 0 Å². The summed E-state index contributed by atoms with van der Waals surface area (Å²) in [4.78, 5) is 0. The van der Waals surface area contributed by atoms with Crippen LogP contribution in [-0.2, 0) is 0 Å². The number of rotatable bonds is 2. The Morgan fingerprint density at radius 2 is 1.50 bits per heavy atom. The standard InChI is InChI=1S/C10H23NS/c1-9(2,3)8-11-12(7)10(4,5)6/h11H,7-8H2,1-6H3. The van der Waals surface area contributed by atoms with Gasteiger partial charge in [-0.25, -0.2) is 0 Å². The van der Waals surface area contributed by atoms with E-state index in [9.17, 15) is 0 Å². The molecular formula is C10H23NS. The van der Waals surface area contributed by atoms with E-state index >= 15 is 0 Å². The molecule has 1 unspecified atom stereocenters. The monoisotopic (exact) mass is 189 g/mol. The van der Waals surface area contributed by atoms with Crippen molar-refractivity contribution in [1.29, 1.82) is 0 Å². The van der Waals surface area contributed by atoms with Crippen LogP contribution in [0.3, 0.4) is 0 Å². The minimum atomic E-state index is 0.0662. The lowest BCUT2D eigenvalue weighted by atomic mass is 9.98. The van der Waals surface area contributed by atoms with Crippen LogP contribution in [0.15, 0.2) is 0 Å². The van der Waals surface area contributed by atoms with E-state index in [2.05, 4.69) is 52.1 Å². The molecule has 0 spiro atoms. The van der Waals surface area contributed by atoms with E-state index in [-0.39, 0.29) is 15.4 Å². The van der Waals surface area contributed by atoms with E-state index in [1.54, 1.807) is 0 Å². The third-order valence-electron chi connectivity index (χ3n) is 1.52. The third kappa shape index (κ3) is 5.78. The maximum atomic E-state index is 4.13. The Balaban J connectivity index is 3.90. The third-order valence-corrected chi connectivity index (χ3v) is 3.49. The second-order valence-electron chi connectivity index (χ2n) is 5.38. The van der Waals surface area contributed by atoms with E-state index in [1.165, 1.54) is 0 Å². The van der Waals surface area contributed by atoms with Gasteiger partial charge >= 0.3 is 0 Å². The van der Waals surface area contributed by atoms with E-state index in [1.807, 2.05) is 0 Å². The molecule has 0 heterocycles. The molecule has 0 amide bonds. The van der Waals surface area contributed by atoms with Crippen LogP contribution in [0.5, 0.6) is 0 Å². The summed E-state index contributed by atoms with van der Waals surface area (Å²) in [5.74, 6) is 4.13. The Bertz CT molecular complexity index is 160. The Morgan fingerprint density at radius 3 is 1.75 bits per heavy atom. The Morgan fingerprint density at radius 1 is 1.08 bits per heavy atom.